The molecule has 3 N–H and O–H groups in total. The molecule has 1 heterocycles. The molecule has 104 valence electrons. The molecular weight excluding hydrogens is 262 g/mol. The van der Waals surface area contributed by atoms with Crippen LogP contribution >= 0.6 is 0 Å². The maximum absolute atomic E-state index is 11.0. The van der Waals surface area contributed by atoms with E-state index in [4.69, 9.17) is 10.6 Å². The van der Waals surface area contributed by atoms with Gasteiger partial charge in [0.1, 0.15) is 6.61 Å². The number of aromatic nitrogens is 2. The van der Waals surface area contributed by atoms with Crippen LogP contribution in [-0.4, -0.2) is 14.9 Å². The number of benzene rings is 1. The highest BCUT2D eigenvalue weighted by molar-refractivity contribution is 5.52. The zero-order chi connectivity index (χ0) is 14.5. The summed E-state index contributed by atoms with van der Waals surface area (Å²) in [5, 5.41) is 11.0. The van der Waals surface area contributed by atoms with E-state index in [9.17, 15) is 10.1 Å². The van der Waals surface area contributed by atoms with Gasteiger partial charge in [-0.15, -0.1) is 0 Å². The van der Waals surface area contributed by atoms with Crippen LogP contribution in [0.1, 0.15) is 11.3 Å². The van der Waals surface area contributed by atoms with E-state index in [0.717, 1.165) is 0 Å². The molecule has 0 saturated heterocycles. The molecule has 0 aliphatic rings. The van der Waals surface area contributed by atoms with Gasteiger partial charge in [0.05, 0.1) is 23.0 Å². The van der Waals surface area contributed by atoms with Gasteiger partial charge < -0.3 is 10.2 Å². The third-order valence-electron chi connectivity index (χ3n) is 2.61. The second-order valence-corrected chi connectivity index (χ2v) is 4.00. The third-order valence-corrected chi connectivity index (χ3v) is 2.61. The van der Waals surface area contributed by atoms with Gasteiger partial charge in [-0.25, -0.2) is 10.8 Å². The van der Waals surface area contributed by atoms with Crippen molar-refractivity contribution in [3.63, 3.8) is 0 Å². The molecule has 1 aromatic carbocycles. The summed E-state index contributed by atoms with van der Waals surface area (Å²) in [4.78, 5) is 18.6. The third kappa shape index (κ3) is 2.98. The van der Waals surface area contributed by atoms with Gasteiger partial charge >= 0.3 is 5.69 Å². The maximum Gasteiger partial charge on any atom is 0.313 e. The van der Waals surface area contributed by atoms with Crippen LogP contribution in [0.5, 0.6) is 5.75 Å². The highest BCUT2D eigenvalue weighted by Gasteiger charge is 2.18. The Hall–Kier alpha value is -2.74. The molecule has 0 bridgehead atoms. The van der Waals surface area contributed by atoms with E-state index < -0.39 is 4.92 Å². The Balaban J connectivity index is 2.14. The summed E-state index contributed by atoms with van der Waals surface area (Å²) in [7, 11) is 0. The van der Waals surface area contributed by atoms with Crippen LogP contribution < -0.4 is 16.0 Å². The smallest absolute Gasteiger partial charge is 0.313 e. The van der Waals surface area contributed by atoms with Crippen molar-refractivity contribution in [1.29, 1.82) is 0 Å². The van der Waals surface area contributed by atoms with Gasteiger partial charge in [0, 0.05) is 5.56 Å². The van der Waals surface area contributed by atoms with Gasteiger partial charge in [-0.1, -0.05) is 12.1 Å². The SMILES string of the molecule is Cc1cccc(OCc2cnc(NN)cn2)c1[N+](=O)[O-]. The monoisotopic (exact) mass is 275 g/mol. The Bertz CT molecular complexity index is 615. The largest absolute Gasteiger partial charge is 0.480 e. The van der Waals surface area contributed by atoms with E-state index >= 15 is 0 Å². The number of nitro benzene ring substituents is 1. The summed E-state index contributed by atoms with van der Waals surface area (Å²) in [5.74, 6) is 5.81. The van der Waals surface area contributed by atoms with Crippen LogP contribution in [0, 0.1) is 17.0 Å². The lowest BCUT2D eigenvalue weighted by Gasteiger charge is -2.07. The highest BCUT2D eigenvalue weighted by atomic mass is 16.6. The minimum absolute atomic E-state index is 0.0410. The van der Waals surface area contributed by atoms with Crippen molar-refractivity contribution in [3.8, 4) is 5.75 Å². The highest BCUT2D eigenvalue weighted by Crippen LogP contribution is 2.30. The number of hydrogen-bond donors (Lipinski definition) is 2. The number of nitrogens with two attached hydrogens (primary N) is 1. The number of para-hydroxylation sites is 1. The van der Waals surface area contributed by atoms with Crippen LogP contribution in [-0.2, 0) is 6.61 Å². The van der Waals surface area contributed by atoms with Gasteiger partial charge in [0.25, 0.3) is 0 Å². The normalized spacial score (nSPS) is 10.1. The van der Waals surface area contributed by atoms with Crippen molar-refractivity contribution in [3.05, 3.63) is 52.0 Å². The average Bonchev–Trinajstić information content (AvgIpc) is 2.45. The first-order chi connectivity index (χ1) is 9.61. The van der Waals surface area contributed by atoms with Gasteiger partial charge in [-0.2, -0.15) is 0 Å². The van der Waals surface area contributed by atoms with Crippen molar-refractivity contribution in [2.75, 3.05) is 5.43 Å². The molecule has 20 heavy (non-hydrogen) atoms. The van der Waals surface area contributed by atoms with Crippen molar-refractivity contribution < 1.29 is 9.66 Å². The molecule has 0 radical (unpaired) electrons. The molecule has 0 amide bonds. The van der Waals surface area contributed by atoms with E-state index in [-0.39, 0.29) is 18.0 Å². The van der Waals surface area contributed by atoms with Crippen molar-refractivity contribution in [2.24, 2.45) is 5.84 Å². The number of nitrogens with one attached hydrogen (secondary N) is 1. The zero-order valence-electron chi connectivity index (χ0n) is 10.7. The van der Waals surface area contributed by atoms with Crippen LogP contribution in [0.3, 0.4) is 0 Å². The maximum atomic E-state index is 11.0. The Morgan fingerprint density at radius 1 is 1.40 bits per heavy atom. The summed E-state index contributed by atoms with van der Waals surface area (Å²) in [6.45, 7) is 1.74. The summed E-state index contributed by atoms with van der Waals surface area (Å²) >= 11 is 0. The molecule has 2 rings (SSSR count). The Labute approximate surface area is 114 Å². The van der Waals surface area contributed by atoms with E-state index in [0.29, 0.717) is 17.1 Å². The molecular formula is C12H13N5O3. The van der Waals surface area contributed by atoms with Crippen molar-refractivity contribution in [2.45, 2.75) is 13.5 Å². The minimum atomic E-state index is -0.461. The van der Waals surface area contributed by atoms with Crippen molar-refractivity contribution in [1.82, 2.24) is 9.97 Å². The molecule has 0 unspecified atom stereocenters. The fraction of sp³-hybridized carbons (Fsp3) is 0.167. The molecule has 2 aromatic rings. The average molecular weight is 275 g/mol. The molecule has 0 saturated carbocycles. The van der Waals surface area contributed by atoms with Gasteiger partial charge in [0.15, 0.2) is 11.6 Å². The van der Waals surface area contributed by atoms with Gasteiger partial charge in [-0.05, 0) is 13.0 Å². The number of nitrogen functional groups attached to an aromatic ring is 1. The quantitative estimate of drug-likeness (QED) is 0.483. The molecule has 8 nitrogen and oxygen atoms in total. The van der Waals surface area contributed by atoms with Crippen LogP contribution in [0.4, 0.5) is 11.5 Å². The number of nitro groups is 1. The summed E-state index contributed by atoms with van der Waals surface area (Å²) in [6.07, 6.45) is 2.93. The molecule has 0 aliphatic heterocycles. The van der Waals surface area contributed by atoms with Crippen LogP contribution in [0.25, 0.3) is 0 Å². The van der Waals surface area contributed by atoms with Crippen LogP contribution in [0.2, 0.25) is 0 Å². The second-order valence-electron chi connectivity index (χ2n) is 4.00. The predicted octanol–water partition coefficient (Wildman–Crippen LogP) is 1.56. The number of hydrazine groups is 1. The molecule has 0 atom stereocenters. The molecule has 0 spiro atoms. The topological polar surface area (TPSA) is 116 Å². The van der Waals surface area contributed by atoms with Crippen LogP contribution in [0.15, 0.2) is 30.6 Å². The Morgan fingerprint density at radius 2 is 2.20 bits per heavy atom. The zero-order valence-corrected chi connectivity index (χ0v) is 10.7. The fourth-order valence-electron chi connectivity index (χ4n) is 1.64. The van der Waals surface area contributed by atoms with Crippen molar-refractivity contribution >= 4 is 11.5 Å². The first-order valence-corrected chi connectivity index (χ1v) is 5.76. The standard InChI is InChI=1S/C12H13N5O3/c1-8-3-2-4-10(12(8)17(18)19)20-7-9-5-15-11(16-13)6-14-9/h2-6H,7,13H2,1H3,(H,15,16). The van der Waals surface area contributed by atoms with E-state index in [1.165, 1.54) is 12.4 Å². The first kappa shape index (κ1) is 13.7. The predicted molar refractivity (Wildman–Crippen MR) is 72.0 cm³/mol. The molecule has 1 aromatic heterocycles. The Kier molecular flexibility index (Phi) is 4.06. The summed E-state index contributed by atoms with van der Waals surface area (Å²) < 4.78 is 5.44. The number of ether oxygens (including phenoxy) is 1. The molecule has 0 fully saturated rings. The van der Waals surface area contributed by atoms with Gasteiger partial charge in [0.2, 0.25) is 0 Å². The minimum Gasteiger partial charge on any atom is -0.480 e. The molecule has 0 aliphatic carbocycles. The first-order valence-electron chi connectivity index (χ1n) is 5.76. The van der Waals surface area contributed by atoms with Gasteiger partial charge in [-0.3, -0.25) is 15.1 Å². The number of rotatable bonds is 5. The summed E-state index contributed by atoms with van der Waals surface area (Å²) in [5.41, 5.74) is 3.40. The second kappa shape index (κ2) is 5.93. The number of aryl methyl sites for hydroxylation is 1. The lowest BCUT2D eigenvalue weighted by Crippen LogP contribution is -2.09. The fourth-order valence-corrected chi connectivity index (χ4v) is 1.64. The lowest BCUT2D eigenvalue weighted by molar-refractivity contribution is -0.386. The van der Waals surface area contributed by atoms with E-state index in [1.54, 1.807) is 25.1 Å². The van der Waals surface area contributed by atoms with E-state index in [1.807, 2.05) is 0 Å². The number of anilines is 1. The number of nitrogens with zero attached hydrogens (tertiary/aromatic N) is 3. The Morgan fingerprint density at radius 3 is 2.80 bits per heavy atom. The number of hydrogen-bond acceptors (Lipinski definition) is 7. The van der Waals surface area contributed by atoms with E-state index in [2.05, 4.69) is 15.4 Å². The molecule has 8 heteroatoms. The summed E-state index contributed by atoms with van der Waals surface area (Å²) in [6, 6.07) is 4.91. The lowest BCUT2D eigenvalue weighted by atomic mass is 10.2.